The summed E-state index contributed by atoms with van der Waals surface area (Å²) in [5.41, 5.74) is 2.30. The molecule has 90 valence electrons. The average Bonchev–Trinajstić information content (AvgIpc) is 2.56. The number of rotatable bonds is 8. The Morgan fingerprint density at radius 2 is 2.19 bits per heavy atom. The van der Waals surface area contributed by atoms with Crippen LogP contribution >= 0.6 is 0 Å². The Hall–Kier alpha value is -0.845. The van der Waals surface area contributed by atoms with E-state index in [1.54, 1.807) is 7.11 Å². The summed E-state index contributed by atoms with van der Waals surface area (Å²) >= 11 is 0. The van der Waals surface area contributed by atoms with Gasteiger partial charge in [-0.15, -0.1) is 0 Å². The van der Waals surface area contributed by atoms with E-state index < -0.39 is 0 Å². The van der Waals surface area contributed by atoms with Crippen molar-refractivity contribution in [3.63, 3.8) is 0 Å². The average molecular weight is 224 g/mol. The van der Waals surface area contributed by atoms with E-state index >= 15 is 0 Å². The van der Waals surface area contributed by atoms with Crippen LogP contribution in [0.25, 0.3) is 0 Å². The maximum atomic E-state index is 4.88. The topological polar surface area (TPSA) is 51.1 Å². The minimum Gasteiger partial charge on any atom is -0.427 e. The molecule has 0 aliphatic rings. The molecule has 0 atom stereocenters. The molecule has 2 N–H and O–H groups in total. The summed E-state index contributed by atoms with van der Waals surface area (Å²) in [6.45, 7) is 7.83. The number of aromatic nitrogens is 2. The first-order chi connectivity index (χ1) is 7.74. The minimum absolute atomic E-state index is 0.610. The quantitative estimate of drug-likeness (QED) is 0.465. The molecular formula is C10H21BN4O. The van der Waals surface area contributed by atoms with E-state index in [0.29, 0.717) is 7.62 Å². The molecule has 0 radical (unpaired) electrons. The summed E-state index contributed by atoms with van der Waals surface area (Å²) in [6.07, 6.45) is 0. The molecule has 6 heteroatoms. The Morgan fingerprint density at radius 3 is 2.81 bits per heavy atom. The van der Waals surface area contributed by atoms with Gasteiger partial charge < -0.3 is 15.2 Å². The largest absolute Gasteiger partial charge is 0.427 e. The lowest BCUT2D eigenvalue weighted by atomic mass is 10.3. The molecule has 0 spiro atoms. The molecule has 0 unspecified atom stereocenters. The highest BCUT2D eigenvalue weighted by molar-refractivity contribution is 6.23. The fraction of sp³-hybridized carbons (Fsp3) is 0.700. The van der Waals surface area contributed by atoms with Crippen LogP contribution < -0.4 is 10.5 Å². The predicted octanol–water partition coefficient (Wildman–Crippen LogP) is -0.408. The molecule has 16 heavy (non-hydrogen) atoms. The zero-order valence-electron chi connectivity index (χ0n) is 10.4. The second-order valence-electron chi connectivity index (χ2n) is 3.83. The summed E-state index contributed by atoms with van der Waals surface area (Å²) in [6, 6.07) is 2.10. The second-order valence-corrected chi connectivity index (χ2v) is 3.83. The number of hydrogen-bond donors (Lipinski definition) is 2. The van der Waals surface area contributed by atoms with E-state index in [9.17, 15) is 0 Å². The first-order valence-corrected chi connectivity index (χ1v) is 5.65. The monoisotopic (exact) mass is 224 g/mol. The van der Waals surface area contributed by atoms with E-state index in [0.717, 1.165) is 31.9 Å². The Bertz CT molecular complexity index is 303. The Kier molecular flexibility index (Phi) is 6.14. The number of nitrogens with zero attached hydrogens (tertiary/aromatic N) is 2. The Morgan fingerprint density at radius 1 is 1.38 bits per heavy atom. The lowest BCUT2D eigenvalue weighted by Gasteiger charge is -2.06. The maximum Gasteiger partial charge on any atom is 0.360 e. The van der Waals surface area contributed by atoms with Crippen LogP contribution in [0, 0.1) is 13.8 Å². The molecule has 0 saturated heterocycles. The molecular weight excluding hydrogens is 203 g/mol. The first-order valence-electron chi connectivity index (χ1n) is 5.65. The lowest BCUT2D eigenvalue weighted by molar-refractivity contribution is 0.429. The first kappa shape index (κ1) is 13.2. The van der Waals surface area contributed by atoms with E-state index in [-0.39, 0.29) is 0 Å². The molecule has 1 aromatic rings. The molecule has 1 aromatic heterocycles. The van der Waals surface area contributed by atoms with Gasteiger partial charge in [0.2, 0.25) is 0 Å². The number of nitrogens with one attached hydrogen (secondary N) is 2. The van der Waals surface area contributed by atoms with E-state index in [2.05, 4.69) is 28.6 Å². The van der Waals surface area contributed by atoms with Gasteiger partial charge in [-0.2, -0.15) is 5.10 Å². The molecule has 5 nitrogen and oxygen atoms in total. The highest BCUT2D eigenvalue weighted by Gasteiger charge is 1.99. The van der Waals surface area contributed by atoms with Gasteiger partial charge >= 0.3 is 7.62 Å². The van der Waals surface area contributed by atoms with Gasteiger partial charge in [-0.1, -0.05) is 0 Å². The molecule has 0 aromatic carbocycles. The fourth-order valence-corrected chi connectivity index (χ4v) is 1.56. The molecule has 0 aliphatic heterocycles. The zero-order chi connectivity index (χ0) is 11.8. The van der Waals surface area contributed by atoms with Gasteiger partial charge in [0.05, 0.1) is 12.2 Å². The van der Waals surface area contributed by atoms with Crippen molar-refractivity contribution in [2.45, 2.75) is 20.4 Å². The van der Waals surface area contributed by atoms with E-state index in [4.69, 9.17) is 4.65 Å². The predicted molar refractivity (Wildman–Crippen MR) is 66.7 cm³/mol. The molecule has 1 heterocycles. The standard InChI is InChI=1S/C10H21BN4O/c1-9-8-10(2)15(14-9)7-6-12-4-5-13-11-16-3/h8,11-13H,4-7H2,1-3H3. The van der Waals surface area contributed by atoms with Crippen molar-refractivity contribution in [2.75, 3.05) is 26.7 Å². The number of hydrogen-bond acceptors (Lipinski definition) is 4. The van der Waals surface area contributed by atoms with Crippen LogP contribution in [0.5, 0.6) is 0 Å². The van der Waals surface area contributed by atoms with Gasteiger partial charge in [-0.05, 0) is 26.5 Å². The normalized spacial score (nSPS) is 10.7. The van der Waals surface area contributed by atoms with Crippen LogP contribution in [0.4, 0.5) is 0 Å². The second kappa shape index (κ2) is 7.43. The van der Waals surface area contributed by atoms with Gasteiger partial charge in [0.25, 0.3) is 0 Å². The fourth-order valence-electron chi connectivity index (χ4n) is 1.56. The maximum absolute atomic E-state index is 4.88. The summed E-state index contributed by atoms with van der Waals surface area (Å²) < 4.78 is 6.92. The minimum atomic E-state index is 0.610. The van der Waals surface area contributed by atoms with Crippen molar-refractivity contribution in [2.24, 2.45) is 0 Å². The SMILES string of the molecule is COBNCCNCCn1nc(C)cc1C. The van der Waals surface area contributed by atoms with Gasteiger partial charge in [-0.25, -0.2) is 0 Å². The summed E-state index contributed by atoms with van der Waals surface area (Å²) in [5.74, 6) is 0. The third-order valence-corrected chi connectivity index (χ3v) is 2.33. The van der Waals surface area contributed by atoms with Crippen molar-refractivity contribution in [1.82, 2.24) is 20.3 Å². The van der Waals surface area contributed by atoms with Crippen LogP contribution in [0.1, 0.15) is 11.4 Å². The third-order valence-electron chi connectivity index (χ3n) is 2.33. The molecule has 0 saturated carbocycles. The van der Waals surface area contributed by atoms with Crippen molar-refractivity contribution in [3.05, 3.63) is 17.5 Å². The van der Waals surface area contributed by atoms with Gasteiger partial charge in [-0.3, -0.25) is 4.68 Å². The highest BCUT2D eigenvalue weighted by Crippen LogP contribution is 2.00. The van der Waals surface area contributed by atoms with Crippen molar-refractivity contribution < 1.29 is 4.65 Å². The molecule has 0 aliphatic carbocycles. The molecule has 0 bridgehead atoms. The lowest BCUT2D eigenvalue weighted by Crippen LogP contribution is -2.32. The zero-order valence-corrected chi connectivity index (χ0v) is 10.4. The van der Waals surface area contributed by atoms with Gasteiger partial charge in [0.15, 0.2) is 0 Å². The summed E-state index contributed by atoms with van der Waals surface area (Å²) in [5, 5.41) is 10.9. The Labute approximate surface area is 97.9 Å². The van der Waals surface area contributed by atoms with Gasteiger partial charge in [0, 0.05) is 25.9 Å². The van der Waals surface area contributed by atoms with Crippen LogP contribution in [0.15, 0.2) is 6.07 Å². The van der Waals surface area contributed by atoms with Crippen LogP contribution in [-0.2, 0) is 11.2 Å². The van der Waals surface area contributed by atoms with Crippen LogP contribution in [-0.4, -0.2) is 44.1 Å². The van der Waals surface area contributed by atoms with Gasteiger partial charge in [0.1, 0.15) is 0 Å². The van der Waals surface area contributed by atoms with Crippen LogP contribution in [0.2, 0.25) is 0 Å². The third kappa shape index (κ3) is 4.78. The molecule has 1 rings (SSSR count). The summed E-state index contributed by atoms with van der Waals surface area (Å²) in [4.78, 5) is 0. The van der Waals surface area contributed by atoms with Crippen LogP contribution in [0.3, 0.4) is 0 Å². The van der Waals surface area contributed by atoms with Crippen molar-refractivity contribution in [3.8, 4) is 0 Å². The molecule has 0 fully saturated rings. The van der Waals surface area contributed by atoms with E-state index in [1.807, 2.05) is 11.6 Å². The smallest absolute Gasteiger partial charge is 0.360 e. The van der Waals surface area contributed by atoms with Crippen molar-refractivity contribution >= 4 is 7.62 Å². The van der Waals surface area contributed by atoms with Crippen molar-refractivity contribution in [1.29, 1.82) is 0 Å². The molecule has 0 amide bonds. The Balaban J connectivity index is 2.05. The summed E-state index contributed by atoms with van der Waals surface area (Å²) in [7, 11) is 2.29. The number of aryl methyl sites for hydroxylation is 2. The van der Waals surface area contributed by atoms with E-state index in [1.165, 1.54) is 5.69 Å². The highest BCUT2D eigenvalue weighted by atomic mass is 16.4.